The number of sulfonamides is 1. The maximum absolute atomic E-state index is 12.6. The lowest BCUT2D eigenvalue weighted by atomic mass is 10.1. The van der Waals surface area contributed by atoms with Crippen molar-refractivity contribution in [3.05, 3.63) is 66.0 Å². The summed E-state index contributed by atoms with van der Waals surface area (Å²) >= 11 is 1.32. The summed E-state index contributed by atoms with van der Waals surface area (Å²) in [6.45, 7) is 6.36. The van der Waals surface area contributed by atoms with Crippen molar-refractivity contribution in [1.82, 2.24) is 19.1 Å². The zero-order chi connectivity index (χ0) is 24.0. The molecular formula is C23H29N5O3S2. The summed E-state index contributed by atoms with van der Waals surface area (Å²) in [5, 5.41) is 12.1. The largest absolute Gasteiger partial charge is 0.325 e. The summed E-state index contributed by atoms with van der Waals surface area (Å²) in [7, 11) is -2.01. The van der Waals surface area contributed by atoms with Crippen LogP contribution in [0.2, 0.25) is 0 Å². The molecule has 1 amide bonds. The second-order valence-corrected chi connectivity index (χ2v) is 10.7. The molecule has 1 heterocycles. The maximum atomic E-state index is 12.6. The molecule has 0 fully saturated rings. The van der Waals surface area contributed by atoms with Gasteiger partial charge in [-0.2, -0.15) is 4.31 Å². The third-order valence-electron chi connectivity index (χ3n) is 5.19. The first kappa shape index (κ1) is 24.9. The average Bonchev–Trinajstić information content (AvgIpc) is 3.19. The van der Waals surface area contributed by atoms with Gasteiger partial charge in [0.05, 0.1) is 10.6 Å². The van der Waals surface area contributed by atoms with Gasteiger partial charge in [-0.1, -0.05) is 42.1 Å². The SMILES string of the molecule is CCn1c(Cc2ccccc2)nnc1SCC(=O)Nc1ccc(S(=O)(=O)N(C)C(C)C)cc1. The fraction of sp³-hybridized carbons (Fsp3) is 0.348. The molecule has 3 rings (SSSR count). The van der Waals surface area contributed by atoms with E-state index >= 15 is 0 Å². The van der Waals surface area contributed by atoms with Gasteiger partial charge < -0.3 is 9.88 Å². The molecule has 0 unspecified atom stereocenters. The molecule has 0 aliphatic rings. The molecule has 176 valence electrons. The molecule has 1 N–H and O–H groups in total. The van der Waals surface area contributed by atoms with Gasteiger partial charge in [-0.15, -0.1) is 10.2 Å². The predicted octanol–water partition coefficient (Wildman–Crippen LogP) is 3.65. The number of hydrogen-bond acceptors (Lipinski definition) is 6. The van der Waals surface area contributed by atoms with E-state index in [9.17, 15) is 13.2 Å². The van der Waals surface area contributed by atoms with Crippen molar-refractivity contribution in [1.29, 1.82) is 0 Å². The Morgan fingerprint density at radius 1 is 1.09 bits per heavy atom. The normalized spacial score (nSPS) is 11.8. The number of anilines is 1. The smallest absolute Gasteiger partial charge is 0.243 e. The number of nitrogens with one attached hydrogen (secondary N) is 1. The third kappa shape index (κ3) is 6.21. The maximum Gasteiger partial charge on any atom is 0.243 e. The van der Waals surface area contributed by atoms with Crippen LogP contribution in [0.1, 0.15) is 32.2 Å². The van der Waals surface area contributed by atoms with E-state index in [0.717, 1.165) is 11.4 Å². The number of nitrogens with zero attached hydrogens (tertiary/aromatic N) is 4. The molecule has 0 saturated heterocycles. The topological polar surface area (TPSA) is 97.2 Å². The number of carbonyl (C=O) groups is 1. The molecule has 0 radical (unpaired) electrons. The van der Waals surface area contributed by atoms with Crippen LogP contribution in [0.5, 0.6) is 0 Å². The van der Waals surface area contributed by atoms with Crippen molar-refractivity contribution in [2.24, 2.45) is 0 Å². The third-order valence-corrected chi connectivity index (χ3v) is 8.20. The van der Waals surface area contributed by atoms with Crippen LogP contribution in [0, 0.1) is 0 Å². The zero-order valence-electron chi connectivity index (χ0n) is 19.2. The van der Waals surface area contributed by atoms with Crippen LogP contribution < -0.4 is 5.32 Å². The van der Waals surface area contributed by atoms with Gasteiger partial charge in [0.15, 0.2) is 5.16 Å². The molecule has 0 atom stereocenters. The zero-order valence-corrected chi connectivity index (χ0v) is 20.9. The number of hydrogen-bond donors (Lipinski definition) is 1. The second-order valence-electron chi connectivity index (χ2n) is 7.78. The van der Waals surface area contributed by atoms with Crippen molar-refractivity contribution in [3.8, 4) is 0 Å². The highest BCUT2D eigenvalue weighted by atomic mass is 32.2. The quantitative estimate of drug-likeness (QED) is 0.439. The minimum Gasteiger partial charge on any atom is -0.325 e. The second kappa shape index (κ2) is 11.0. The molecule has 33 heavy (non-hydrogen) atoms. The van der Waals surface area contributed by atoms with E-state index < -0.39 is 10.0 Å². The lowest BCUT2D eigenvalue weighted by Crippen LogP contribution is -2.33. The Bertz CT molecular complexity index is 1180. The number of thioether (sulfide) groups is 1. The van der Waals surface area contributed by atoms with Crippen LogP contribution in [-0.4, -0.2) is 52.2 Å². The Labute approximate surface area is 199 Å². The van der Waals surface area contributed by atoms with Crippen LogP contribution in [0.4, 0.5) is 5.69 Å². The van der Waals surface area contributed by atoms with Crippen LogP contribution >= 0.6 is 11.8 Å². The average molecular weight is 488 g/mol. The summed E-state index contributed by atoms with van der Waals surface area (Å²) < 4.78 is 28.5. The molecule has 8 nitrogen and oxygen atoms in total. The standard InChI is InChI=1S/C23H29N5O3S2/c1-5-28-21(15-18-9-7-6-8-10-18)25-26-23(28)32-16-22(29)24-19-11-13-20(14-12-19)33(30,31)27(4)17(2)3/h6-14,17H,5,15-16H2,1-4H3,(H,24,29). The molecule has 10 heteroatoms. The highest BCUT2D eigenvalue weighted by Gasteiger charge is 2.23. The van der Waals surface area contributed by atoms with Crippen molar-refractivity contribution < 1.29 is 13.2 Å². The molecular weight excluding hydrogens is 458 g/mol. The van der Waals surface area contributed by atoms with Crippen molar-refractivity contribution in [2.45, 2.75) is 49.8 Å². The van der Waals surface area contributed by atoms with E-state index in [1.165, 1.54) is 28.2 Å². The fourth-order valence-electron chi connectivity index (χ4n) is 3.13. The molecule has 3 aromatic rings. The number of carbonyl (C=O) groups excluding carboxylic acids is 1. The summed E-state index contributed by atoms with van der Waals surface area (Å²) in [5.41, 5.74) is 1.69. The highest BCUT2D eigenvalue weighted by Crippen LogP contribution is 2.21. The van der Waals surface area contributed by atoms with Gasteiger partial charge in [-0.05, 0) is 50.6 Å². The first-order valence-corrected chi connectivity index (χ1v) is 13.1. The van der Waals surface area contributed by atoms with E-state index in [1.807, 2.05) is 55.7 Å². The summed E-state index contributed by atoms with van der Waals surface area (Å²) in [6, 6.07) is 16.1. The summed E-state index contributed by atoms with van der Waals surface area (Å²) in [5.74, 6) is 0.819. The van der Waals surface area contributed by atoms with Crippen LogP contribution in [0.15, 0.2) is 64.6 Å². The summed E-state index contributed by atoms with van der Waals surface area (Å²) in [6.07, 6.45) is 0.676. The van der Waals surface area contributed by atoms with Gasteiger partial charge in [0.2, 0.25) is 15.9 Å². The van der Waals surface area contributed by atoms with E-state index in [1.54, 1.807) is 19.2 Å². The molecule has 2 aromatic carbocycles. The Morgan fingerprint density at radius 2 is 1.76 bits per heavy atom. The van der Waals surface area contributed by atoms with Crippen LogP contribution in [0.25, 0.3) is 0 Å². The Morgan fingerprint density at radius 3 is 2.36 bits per heavy atom. The molecule has 0 aliphatic heterocycles. The van der Waals surface area contributed by atoms with Crippen molar-refractivity contribution in [2.75, 3.05) is 18.1 Å². The Kier molecular flexibility index (Phi) is 8.28. The van der Waals surface area contributed by atoms with E-state index in [0.29, 0.717) is 23.8 Å². The first-order valence-electron chi connectivity index (χ1n) is 10.7. The lowest BCUT2D eigenvalue weighted by Gasteiger charge is -2.21. The molecule has 0 aliphatic carbocycles. The van der Waals surface area contributed by atoms with Crippen molar-refractivity contribution >= 4 is 33.4 Å². The van der Waals surface area contributed by atoms with Gasteiger partial charge in [-0.3, -0.25) is 4.79 Å². The number of aromatic nitrogens is 3. The summed E-state index contributed by atoms with van der Waals surface area (Å²) in [4.78, 5) is 12.6. The Balaban J connectivity index is 1.60. The minimum absolute atomic E-state index is 0.148. The van der Waals surface area contributed by atoms with Crippen LogP contribution in [0.3, 0.4) is 0 Å². The van der Waals surface area contributed by atoms with E-state index in [-0.39, 0.29) is 22.6 Å². The number of benzene rings is 2. The monoisotopic (exact) mass is 487 g/mol. The minimum atomic E-state index is -3.56. The van der Waals surface area contributed by atoms with Crippen LogP contribution in [-0.2, 0) is 27.8 Å². The van der Waals surface area contributed by atoms with E-state index in [2.05, 4.69) is 15.5 Å². The van der Waals surface area contributed by atoms with Gasteiger partial charge in [0.1, 0.15) is 5.82 Å². The molecule has 1 aromatic heterocycles. The molecule has 0 spiro atoms. The van der Waals surface area contributed by atoms with E-state index in [4.69, 9.17) is 0 Å². The number of rotatable bonds is 10. The highest BCUT2D eigenvalue weighted by molar-refractivity contribution is 7.99. The lowest BCUT2D eigenvalue weighted by molar-refractivity contribution is -0.113. The van der Waals surface area contributed by atoms with Crippen molar-refractivity contribution in [3.63, 3.8) is 0 Å². The first-order chi connectivity index (χ1) is 15.7. The fourth-order valence-corrected chi connectivity index (χ4v) is 5.32. The Hall–Kier alpha value is -2.69. The van der Waals surface area contributed by atoms with Gasteiger partial charge >= 0.3 is 0 Å². The molecule has 0 saturated carbocycles. The number of amides is 1. The van der Waals surface area contributed by atoms with Gasteiger partial charge in [0, 0.05) is 31.7 Å². The van der Waals surface area contributed by atoms with Gasteiger partial charge in [-0.25, -0.2) is 8.42 Å². The molecule has 0 bridgehead atoms. The predicted molar refractivity (Wildman–Crippen MR) is 131 cm³/mol. The van der Waals surface area contributed by atoms with Gasteiger partial charge in [0.25, 0.3) is 0 Å².